The molecule has 0 saturated carbocycles. The van der Waals surface area contributed by atoms with Gasteiger partial charge in [-0.05, 0) is 38.1 Å². The summed E-state index contributed by atoms with van der Waals surface area (Å²) in [7, 11) is 0. The van der Waals surface area contributed by atoms with Crippen molar-refractivity contribution >= 4 is 40.3 Å². The first kappa shape index (κ1) is 14.9. The number of hydrogen-bond donors (Lipinski definition) is 1. The maximum atomic E-state index is 5.97. The molecule has 0 aliphatic heterocycles. The summed E-state index contributed by atoms with van der Waals surface area (Å²) >= 11 is 11.8. The van der Waals surface area contributed by atoms with Gasteiger partial charge in [0.2, 0.25) is 0 Å². The summed E-state index contributed by atoms with van der Waals surface area (Å²) in [5, 5.41) is 11.2. The SMILES string of the molecule is CCN(CC)c1ccc(Nc2cc(Cl)nnc2Cl)cc1. The molecule has 0 fully saturated rings. The van der Waals surface area contributed by atoms with Crippen LogP contribution in [0.15, 0.2) is 30.3 Å². The highest BCUT2D eigenvalue weighted by molar-refractivity contribution is 6.33. The second kappa shape index (κ2) is 6.77. The predicted octanol–water partition coefficient (Wildman–Crippen LogP) is 4.37. The van der Waals surface area contributed by atoms with Crippen LogP contribution in [0.2, 0.25) is 10.3 Å². The first-order chi connectivity index (χ1) is 9.63. The quantitative estimate of drug-likeness (QED) is 0.890. The van der Waals surface area contributed by atoms with Crippen LogP contribution in [0.25, 0.3) is 0 Å². The Morgan fingerprint density at radius 1 is 1.05 bits per heavy atom. The summed E-state index contributed by atoms with van der Waals surface area (Å²) in [4.78, 5) is 2.28. The maximum absolute atomic E-state index is 5.97. The molecule has 1 aromatic carbocycles. The lowest BCUT2D eigenvalue weighted by Gasteiger charge is -2.21. The van der Waals surface area contributed by atoms with Crippen LogP contribution in [0.3, 0.4) is 0 Å². The van der Waals surface area contributed by atoms with Gasteiger partial charge in [0.15, 0.2) is 10.3 Å². The van der Waals surface area contributed by atoms with Gasteiger partial charge in [-0.2, -0.15) is 0 Å². The Morgan fingerprint density at radius 2 is 1.70 bits per heavy atom. The Hall–Kier alpha value is -1.52. The lowest BCUT2D eigenvalue weighted by molar-refractivity contribution is 0.866. The van der Waals surface area contributed by atoms with Gasteiger partial charge in [0.25, 0.3) is 0 Å². The van der Waals surface area contributed by atoms with Crippen LogP contribution < -0.4 is 10.2 Å². The minimum absolute atomic E-state index is 0.294. The van der Waals surface area contributed by atoms with Crippen molar-refractivity contribution in [1.29, 1.82) is 0 Å². The van der Waals surface area contributed by atoms with Crippen LogP contribution in [0.5, 0.6) is 0 Å². The van der Waals surface area contributed by atoms with Crippen LogP contribution in [-0.4, -0.2) is 23.3 Å². The molecule has 0 saturated heterocycles. The van der Waals surface area contributed by atoms with Crippen molar-refractivity contribution in [3.8, 4) is 0 Å². The molecule has 0 bridgehead atoms. The van der Waals surface area contributed by atoms with Gasteiger partial charge in [0, 0.05) is 30.5 Å². The summed E-state index contributed by atoms with van der Waals surface area (Å²) in [5.41, 5.74) is 2.76. The normalized spacial score (nSPS) is 10.4. The number of halogens is 2. The first-order valence-corrected chi connectivity index (χ1v) is 7.20. The van der Waals surface area contributed by atoms with Gasteiger partial charge >= 0.3 is 0 Å². The van der Waals surface area contributed by atoms with Crippen LogP contribution in [0, 0.1) is 0 Å². The van der Waals surface area contributed by atoms with Gasteiger partial charge in [0.1, 0.15) is 0 Å². The van der Waals surface area contributed by atoms with E-state index in [9.17, 15) is 0 Å². The predicted molar refractivity (Wildman–Crippen MR) is 85.3 cm³/mol. The van der Waals surface area contributed by atoms with Crippen molar-refractivity contribution in [1.82, 2.24) is 10.2 Å². The summed E-state index contributed by atoms with van der Waals surface area (Å²) < 4.78 is 0. The largest absolute Gasteiger partial charge is 0.372 e. The molecule has 0 amide bonds. The van der Waals surface area contributed by atoms with Crippen molar-refractivity contribution in [2.75, 3.05) is 23.3 Å². The number of nitrogens with one attached hydrogen (secondary N) is 1. The first-order valence-electron chi connectivity index (χ1n) is 6.44. The van der Waals surface area contributed by atoms with Gasteiger partial charge < -0.3 is 10.2 Å². The number of rotatable bonds is 5. The average Bonchev–Trinajstić information content (AvgIpc) is 2.46. The third-order valence-electron chi connectivity index (χ3n) is 2.99. The fraction of sp³-hybridized carbons (Fsp3) is 0.286. The van der Waals surface area contributed by atoms with E-state index in [2.05, 4.69) is 46.4 Å². The van der Waals surface area contributed by atoms with Crippen molar-refractivity contribution in [3.63, 3.8) is 0 Å². The van der Waals surface area contributed by atoms with Crippen molar-refractivity contribution in [2.24, 2.45) is 0 Å². The number of hydrogen-bond acceptors (Lipinski definition) is 4. The minimum Gasteiger partial charge on any atom is -0.372 e. The Bertz CT molecular complexity index is 568. The third-order valence-corrected chi connectivity index (χ3v) is 3.46. The molecular weight excluding hydrogens is 295 g/mol. The summed E-state index contributed by atoms with van der Waals surface area (Å²) in [5.74, 6) is 0. The van der Waals surface area contributed by atoms with E-state index >= 15 is 0 Å². The second-order valence-electron chi connectivity index (χ2n) is 4.22. The van der Waals surface area contributed by atoms with Crippen molar-refractivity contribution in [3.05, 3.63) is 40.6 Å². The fourth-order valence-electron chi connectivity index (χ4n) is 1.94. The van der Waals surface area contributed by atoms with E-state index in [1.54, 1.807) is 6.07 Å². The summed E-state index contributed by atoms with van der Waals surface area (Å²) in [6, 6.07) is 9.78. The van der Waals surface area contributed by atoms with E-state index in [0.717, 1.165) is 18.8 Å². The highest BCUT2D eigenvalue weighted by atomic mass is 35.5. The Balaban J connectivity index is 2.16. The molecule has 1 N–H and O–H groups in total. The smallest absolute Gasteiger partial charge is 0.175 e. The highest BCUT2D eigenvalue weighted by Gasteiger charge is 2.05. The lowest BCUT2D eigenvalue weighted by Crippen LogP contribution is -2.21. The molecule has 2 aromatic rings. The van der Waals surface area contributed by atoms with Gasteiger partial charge in [-0.1, -0.05) is 23.2 Å². The Morgan fingerprint density at radius 3 is 2.30 bits per heavy atom. The molecular formula is C14H16Cl2N4. The molecule has 0 unspecified atom stereocenters. The van der Waals surface area contributed by atoms with E-state index in [0.29, 0.717) is 16.0 Å². The van der Waals surface area contributed by atoms with Crippen LogP contribution in [0.1, 0.15) is 13.8 Å². The standard InChI is InChI=1S/C14H16Cl2N4/c1-3-20(4-2)11-7-5-10(6-8-11)17-12-9-13(15)18-19-14(12)16/h5-9H,3-4H2,1-2H3,(H,17,18). The van der Waals surface area contributed by atoms with Gasteiger partial charge in [-0.15, -0.1) is 10.2 Å². The van der Waals surface area contributed by atoms with E-state index in [4.69, 9.17) is 23.2 Å². The second-order valence-corrected chi connectivity index (χ2v) is 4.96. The molecule has 20 heavy (non-hydrogen) atoms. The molecule has 1 aromatic heterocycles. The zero-order valence-electron chi connectivity index (χ0n) is 11.4. The number of anilines is 3. The van der Waals surface area contributed by atoms with E-state index in [1.165, 1.54) is 5.69 Å². The summed E-state index contributed by atoms with van der Waals surface area (Å²) in [6.45, 7) is 6.25. The molecule has 0 spiro atoms. The van der Waals surface area contributed by atoms with Crippen LogP contribution in [0.4, 0.5) is 17.1 Å². The molecule has 4 nitrogen and oxygen atoms in total. The molecule has 0 aliphatic rings. The number of nitrogens with zero attached hydrogens (tertiary/aromatic N) is 3. The molecule has 2 rings (SSSR count). The Labute approximate surface area is 128 Å². The van der Waals surface area contributed by atoms with Crippen LogP contribution in [-0.2, 0) is 0 Å². The van der Waals surface area contributed by atoms with Gasteiger partial charge in [-0.3, -0.25) is 0 Å². The third kappa shape index (κ3) is 3.52. The minimum atomic E-state index is 0.294. The zero-order chi connectivity index (χ0) is 14.5. The number of aromatic nitrogens is 2. The summed E-state index contributed by atoms with van der Waals surface area (Å²) in [6.07, 6.45) is 0. The monoisotopic (exact) mass is 310 g/mol. The van der Waals surface area contributed by atoms with Crippen molar-refractivity contribution < 1.29 is 0 Å². The fourth-order valence-corrected chi connectivity index (χ4v) is 2.23. The Kier molecular flexibility index (Phi) is 5.04. The molecule has 1 heterocycles. The highest BCUT2D eigenvalue weighted by Crippen LogP contribution is 2.26. The molecule has 0 aliphatic carbocycles. The van der Waals surface area contributed by atoms with Crippen LogP contribution >= 0.6 is 23.2 Å². The average molecular weight is 311 g/mol. The van der Waals surface area contributed by atoms with Gasteiger partial charge in [-0.25, -0.2) is 0 Å². The maximum Gasteiger partial charge on any atom is 0.175 e. The van der Waals surface area contributed by atoms with Crippen molar-refractivity contribution in [2.45, 2.75) is 13.8 Å². The van der Waals surface area contributed by atoms with E-state index in [-0.39, 0.29) is 0 Å². The van der Waals surface area contributed by atoms with Gasteiger partial charge in [0.05, 0.1) is 5.69 Å². The molecule has 0 atom stereocenters. The molecule has 106 valence electrons. The molecule has 0 radical (unpaired) electrons. The molecule has 6 heteroatoms. The van der Waals surface area contributed by atoms with E-state index in [1.807, 2.05) is 12.1 Å². The topological polar surface area (TPSA) is 41.0 Å². The lowest BCUT2D eigenvalue weighted by atomic mass is 10.2. The number of benzene rings is 1. The zero-order valence-corrected chi connectivity index (χ0v) is 12.9. The van der Waals surface area contributed by atoms with E-state index < -0.39 is 0 Å².